The van der Waals surface area contributed by atoms with E-state index in [9.17, 15) is 13.6 Å². The molecule has 0 fully saturated rings. The molecule has 0 unspecified atom stereocenters. The van der Waals surface area contributed by atoms with Crippen LogP contribution in [0.2, 0.25) is 0 Å². The minimum Gasteiger partial charge on any atom is -0.434 e. The van der Waals surface area contributed by atoms with Gasteiger partial charge in [0.15, 0.2) is 0 Å². The summed E-state index contributed by atoms with van der Waals surface area (Å²) in [6.07, 6.45) is 4.43. The average molecular weight is 292 g/mol. The zero-order valence-corrected chi connectivity index (χ0v) is 11.4. The number of carbonyl (C=O) groups excluding carboxylic acids is 1. The highest BCUT2D eigenvalue weighted by Crippen LogP contribution is 2.21. The van der Waals surface area contributed by atoms with Gasteiger partial charge in [-0.3, -0.25) is 9.48 Å². The maximum atomic E-state index is 12.3. The molecule has 21 heavy (non-hydrogen) atoms. The van der Waals surface area contributed by atoms with Crippen LogP contribution in [-0.4, -0.2) is 22.2 Å². The van der Waals surface area contributed by atoms with Crippen LogP contribution >= 0.6 is 0 Å². The van der Waals surface area contributed by atoms with E-state index in [0.717, 1.165) is 0 Å². The topological polar surface area (TPSA) is 44.1 Å². The summed E-state index contributed by atoms with van der Waals surface area (Å²) in [7, 11) is 0. The fourth-order valence-corrected chi connectivity index (χ4v) is 1.74. The minimum absolute atomic E-state index is 0.0237. The normalized spacial score (nSPS) is 11.2. The highest BCUT2D eigenvalue weighted by Gasteiger charge is 2.09. The molecule has 2 rings (SSSR count). The van der Waals surface area contributed by atoms with Crippen LogP contribution in [0, 0.1) is 0 Å². The van der Waals surface area contributed by atoms with Gasteiger partial charge in [0.2, 0.25) is 5.78 Å². The van der Waals surface area contributed by atoms with Gasteiger partial charge in [-0.25, -0.2) is 0 Å². The number of carbonyl (C=O) groups is 1. The first-order valence-corrected chi connectivity index (χ1v) is 6.40. The van der Waals surface area contributed by atoms with Crippen LogP contribution in [0.15, 0.2) is 42.6 Å². The Balaban J connectivity index is 2.15. The first-order chi connectivity index (χ1) is 10.1. The zero-order valence-electron chi connectivity index (χ0n) is 11.4. The number of hydrogen-bond donors (Lipinski definition) is 0. The number of halogens is 2. The van der Waals surface area contributed by atoms with Crippen molar-refractivity contribution >= 4 is 11.9 Å². The third kappa shape index (κ3) is 3.98. The van der Waals surface area contributed by atoms with Gasteiger partial charge in [-0.05, 0) is 31.2 Å². The highest BCUT2D eigenvalue weighted by atomic mass is 19.3. The Kier molecular flexibility index (Phi) is 4.81. The molecule has 0 radical (unpaired) electrons. The van der Waals surface area contributed by atoms with Crippen LogP contribution in [0.3, 0.4) is 0 Å². The number of para-hydroxylation sites is 1. The standard InChI is InChI=1S/C15H14F2N2O2/c1-2-19-10-9-12(18-19)13(20)8-7-11-5-3-4-6-14(11)21-15(16)17/h3-10,15H,2H2,1H3/b8-7+. The molecule has 0 saturated carbocycles. The smallest absolute Gasteiger partial charge is 0.387 e. The average Bonchev–Trinajstić information content (AvgIpc) is 2.94. The molecule has 0 spiro atoms. The van der Waals surface area contributed by atoms with Crippen molar-refractivity contribution in [1.29, 1.82) is 0 Å². The summed E-state index contributed by atoms with van der Waals surface area (Å²) in [4.78, 5) is 11.9. The lowest BCUT2D eigenvalue weighted by Crippen LogP contribution is -2.03. The second-order valence-corrected chi connectivity index (χ2v) is 4.17. The van der Waals surface area contributed by atoms with Crippen molar-refractivity contribution in [3.63, 3.8) is 0 Å². The minimum atomic E-state index is -2.91. The van der Waals surface area contributed by atoms with E-state index < -0.39 is 6.61 Å². The molecule has 0 saturated heterocycles. The molecule has 0 aliphatic carbocycles. The van der Waals surface area contributed by atoms with Crippen molar-refractivity contribution in [3.8, 4) is 5.75 Å². The van der Waals surface area contributed by atoms with Gasteiger partial charge in [0.1, 0.15) is 11.4 Å². The number of ketones is 1. The Labute approximate surface area is 120 Å². The molecule has 1 aromatic carbocycles. The molecule has 0 amide bonds. The molecular weight excluding hydrogens is 278 g/mol. The Hall–Kier alpha value is -2.50. The maximum absolute atomic E-state index is 12.3. The van der Waals surface area contributed by atoms with Gasteiger partial charge in [-0.15, -0.1) is 0 Å². The summed E-state index contributed by atoms with van der Waals surface area (Å²) in [5, 5.41) is 4.08. The van der Waals surface area contributed by atoms with Gasteiger partial charge in [-0.1, -0.05) is 18.2 Å². The van der Waals surface area contributed by atoms with E-state index in [0.29, 0.717) is 17.8 Å². The molecule has 0 atom stereocenters. The second-order valence-electron chi connectivity index (χ2n) is 4.17. The van der Waals surface area contributed by atoms with Crippen molar-refractivity contribution in [2.45, 2.75) is 20.1 Å². The van der Waals surface area contributed by atoms with Crippen LogP contribution in [0.1, 0.15) is 23.0 Å². The lowest BCUT2D eigenvalue weighted by Gasteiger charge is -2.06. The number of nitrogens with zero attached hydrogens (tertiary/aromatic N) is 2. The Morgan fingerprint density at radius 3 is 2.81 bits per heavy atom. The van der Waals surface area contributed by atoms with Crippen LogP contribution in [0.4, 0.5) is 8.78 Å². The summed E-state index contributed by atoms with van der Waals surface area (Å²) in [6.45, 7) is -0.327. The summed E-state index contributed by atoms with van der Waals surface area (Å²) in [5.41, 5.74) is 0.710. The summed E-state index contributed by atoms with van der Waals surface area (Å²) in [5.74, 6) is -0.273. The van der Waals surface area contributed by atoms with E-state index in [1.54, 1.807) is 35.1 Å². The van der Waals surface area contributed by atoms with Crippen molar-refractivity contribution in [1.82, 2.24) is 9.78 Å². The molecular formula is C15H14F2N2O2. The number of aromatic nitrogens is 2. The van der Waals surface area contributed by atoms with Gasteiger partial charge in [0.05, 0.1) is 0 Å². The number of hydrogen-bond acceptors (Lipinski definition) is 3. The number of rotatable bonds is 6. The Bertz CT molecular complexity index is 651. The van der Waals surface area contributed by atoms with Gasteiger partial charge >= 0.3 is 6.61 Å². The SMILES string of the molecule is CCn1ccc(C(=O)/C=C/c2ccccc2OC(F)F)n1. The third-order valence-electron chi connectivity index (χ3n) is 2.77. The molecule has 0 aliphatic heterocycles. The van der Waals surface area contributed by atoms with E-state index >= 15 is 0 Å². The predicted molar refractivity (Wildman–Crippen MR) is 74.3 cm³/mol. The van der Waals surface area contributed by atoms with Gasteiger partial charge in [0, 0.05) is 18.3 Å². The third-order valence-corrected chi connectivity index (χ3v) is 2.77. The zero-order chi connectivity index (χ0) is 15.2. The summed E-state index contributed by atoms with van der Waals surface area (Å²) >= 11 is 0. The van der Waals surface area contributed by atoms with Gasteiger partial charge in [0.25, 0.3) is 0 Å². The first-order valence-electron chi connectivity index (χ1n) is 6.40. The van der Waals surface area contributed by atoms with Crippen LogP contribution in [-0.2, 0) is 6.54 Å². The summed E-state index contributed by atoms with van der Waals surface area (Å²) < 4.78 is 30.6. The van der Waals surface area contributed by atoms with E-state index in [-0.39, 0.29) is 11.5 Å². The number of allylic oxidation sites excluding steroid dienone is 1. The highest BCUT2D eigenvalue weighted by molar-refractivity contribution is 6.05. The second kappa shape index (κ2) is 6.78. The van der Waals surface area contributed by atoms with Crippen molar-refractivity contribution < 1.29 is 18.3 Å². The largest absolute Gasteiger partial charge is 0.434 e. The van der Waals surface area contributed by atoms with E-state index in [2.05, 4.69) is 9.84 Å². The lowest BCUT2D eigenvalue weighted by molar-refractivity contribution is -0.0499. The Morgan fingerprint density at radius 1 is 1.38 bits per heavy atom. The monoisotopic (exact) mass is 292 g/mol. The molecule has 0 bridgehead atoms. The predicted octanol–water partition coefficient (Wildman–Crippen LogP) is 3.40. The molecule has 1 aromatic heterocycles. The van der Waals surface area contributed by atoms with Crippen molar-refractivity contribution in [2.75, 3.05) is 0 Å². The van der Waals surface area contributed by atoms with Gasteiger partial charge in [-0.2, -0.15) is 13.9 Å². The molecule has 6 heteroatoms. The van der Waals surface area contributed by atoms with Crippen LogP contribution in [0.25, 0.3) is 6.08 Å². The lowest BCUT2D eigenvalue weighted by atomic mass is 10.1. The quantitative estimate of drug-likeness (QED) is 0.605. The number of benzene rings is 1. The number of aryl methyl sites for hydroxylation is 1. The fourth-order valence-electron chi connectivity index (χ4n) is 1.74. The van der Waals surface area contributed by atoms with Crippen LogP contribution in [0.5, 0.6) is 5.75 Å². The van der Waals surface area contributed by atoms with E-state index in [1.807, 2.05) is 6.92 Å². The first kappa shape index (κ1) is 14.9. The van der Waals surface area contributed by atoms with Crippen LogP contribution < -0.4 is 4.74 Å². The fraction of sp³-hybridized carbons (Fsp3) is 0.200. The van der Waals surface area contributed by atoms with E-state index in [4.69, 9.17) is 0 Å². The van der Waals surface area contributed by atoms with E-state index in [1.165, 1.54) is 18.2 Å². The summed E-state index contributed by atoms with van der Waals surface area (Å²) in [6, 6.07) is 7.88. The molecule has 4 nitrogen and oxygen atoms in total. The Morgan fingerprint density at radius 2 is 2.14 bits per heavy atom. The van der Waals surface area contributed by atoms with Crippen molar-refractivity contribution in [2.24, 2.45) is 0 Å². The maximum Gasteiger partial charge on any atom is 0.387 e. The van der Waals surface area contributed by atoms with Crippen molar-refractivity contribution in [3.05, 3.63) is 53.9 Å². The number of alkyl halides is 2. The molecule has 0 N–H and O–H groups in total. The molecule has 110 valence electrons. The molecule has 1 heterocycles. The molecule has 2 aromatic rings. The van der Waals surface area contributed by atoms with Gasteiger partial charge < -0.3 is 4.74 Å². The molecule has 0 aliphatic rings. The number of ether oxygens (including phenoxy) is 1.